The van der Waals surface area contributed by atoms with Crippen molar-refractivity contribution in [2.24, 2.45) is 23.7 Å². The van der Waals surface area contributed by atoms with Crippen molar-refractivity contribution in [1.82, 2.24) is 0 Å². The van der Waals surface area contributed by atoms with Crippen molar-refractivity contribution in [2.45, 2.75) is 13.3 Å². The van der Waals surface area contributed by atoms with Crippen LogP contribution < -0.4 is 4.90 Å². The van der Waals surface area contributed by atoms with Crippen molar-refractivity contribution in [3.05, 3.63) is 40.9 Å². The van der Waals surface area contributed by atoms with Gasteiger partial charge in [-0.05, 0) is 48.9 Å². The first-order valence-electron chi connectivity index (χ1n) is 6.90. The van der Waals surface area contributed by atoms with Crippen LogP contribution in [0.3, 0.4) is 0 Å². The summed E-state index contributed by atoms with van der Waals surface area (Å²) in [5, 5.41) is 0.618. The number of hydrogen-bond acceptors (Lipinski definition) is 2. The summed E-state index contributed by atoms with van der Waals surface area (Å²) in [6, 6.07) is 5.29. The molecule has 1 aromatic carbocycles. The molecule has 1 saturated heterocycles. The minimum atomic E-state index is -0.146. The summed E-state index contributed by atoms with van der Waals surface area (Å²) in [5.74, 6) is 0.128. The van der Waals surface area contributed by atoms with Crippen molar-refractivity contribution in [3.63, 3.8) is 0 Å². The summed E-state index contributed by atoms with van der Waals surface area (Å²) in [5.41, 5.74) is 1.54. The highest BCUT2D eigenvalue weighted by Crippen LogP contribution is 2.53. The first-order chi connectivity index (χ1) is 9.58. The first-order valence-corrected chi connectivity index (χ1v) is 7.28. The molecule has 0 N–H and O–H groups in total. The number of halogens is 1. The fourth-order valence-corrected chi connectivity index (χ4v) is 4.24. The van der Waals surface area contributed by atoms with Gasteiger partial charge in [0, 0.05) is 5.02 Å². The maximum atomic E-state index is 12.7. The van der Waals surface area contributed by atoms with Gasteiger partial charge in [0.25, 0.3) is 0 Å². The van der Waals surface area contributed by atoms with E-state index >= 15 is 0 Å². The molecule has 2 amide bonds. The number of allylic oxidation sites excluding steroid dienone is 2. The topological polar surface area (TPSA) is 37.4 Å². The summed E-state index contributed by atoms with van der Waals surface area (Å²) in [6.07, 6.45) is 5.17. The highest BCUT2D eigenvalue weighted by atomic mass is 35.5. The summed E-state index contributed by atoms with van der Waals surface area (Å²) >= 11 is 5.95. The lowest BCUT2D eigenvalue weighted by Crippen LogP contribution is -2.33. The maximum Gasteiger partial charge on any atom is 0.238 e. The third-order valence-electron chi connectivity index (χ3n) is 4.87. The Bertz CT molecular complexity index is 636. The summed E-state index contributed by atoms with van der Waals surface area (Å²) < 4.78 is 0. The van der Waals surface area contributed by atoms with Gasteiger partial charge in [-0.25, -0.2) is 4.90 Å². The molecule has 3 nitrogen and oxygen atoms in total. The molecule has 1 saturated carbocycles. The third kappa shape index (κ3) is 1.41. The lowest BCUT2D eigenvalue weighted by molar-refractivity contribution is -0.123. The number of rotatable bonds is 1. The van der Waals surface area contributed by atoms with E-state index in [0.29, 0.717) is 10.7 Å². The van der Waals surface area contributed by atoms with Crippen molar-refractivity contribution < 1.29 is 9.59 Å². The second-order valence-electron chi connectivity index (χ2n) is 5.94. The van der Waals surface area contributed by atoms with Crippen LogP contribution >= 0.6 is 11.6 Å². The van der Waals surface area contributed by atoms with Gasteiger partial charge in [0.05, 0.1) is 17.5 Å². The molecule has 4 heteroatoms. The average molecular weight is 288 g/mol. The van der Waals surface area contributed by atoms with Gasteiger partial charge in [-0.15, -0.1) is 0 Å². The number of imide groups is 1. The Morgan fingerprint density at radius 2 is 1.70 bits per heavy atom. The Morgan fingerprint density at radius 1 is 1.10 bits per heavy atom. The SMILES string of the molecule is Cc1cc(Cl)ccc1N1C(=O)[C@H]2[C@H](C1=O)[C@H]1C=C[C@H]2C1. The monoisotopic (exact) mass is 287 g/mol. The van der Waals surface area contributed by atoms with Crippen LogP contribution in [0, 0.1) is 30.6 Å². The summed E-state index contributed by atoms with van der Waals surface area (Å²) in [6.45, 7) is 1.88. The van der Waals surface area contributed by atoms with Crippen molar-refractivity contribution in [3.8, 4) is 0 Å². The van der Waals surface area contributed by atoms with Gasteiger partial charge in [-0.1, -0.05) is 23.8 Å². The van der Waals surface area contributed by atoms with E-state index < -0.39 is 0 Å². The zero-order chi connectivity index (χ0) is 14.0. The quantitative estimate of drug-likeness (QED) is 0.588. The first kappa shape index (κ1) is 12.2. The Hall–Kier alpha value is -1.61. The number of carbonyl (C=O) groups is 2. The van der Waals surface area contributed by atoms with Gasteiger partial charge in [0.1, 0.15) is 0 Å². The molecule has 0 spiro atoms. The highest BCUT2D eigenvalue weighted by molar-refractivity contribution is 6.31. The molecule has 1 heterocycles. The van der Waals surface area contributed by atoms with Crippen LogP contribution in [-0.2, 0) is 9.59 Å². The smallest absolute Gasteiger partial charge is 0.238 e. The number of aryl methyl sites for hydroxylation is 1. The van der Waals surface area contributed by atoms with E-state index in [4.69, 9.17) is 11.6 Å². The maximum absolute atomic E-state index is 12.7. The molecule has 0 radical (unpaired) electrons. The van der Waals surface area contributed by atoms with Crippen molar-refractivity contribution >= 4 is 29.1 Å². The molecule has 2 aliphatic carbocycles. The lowest BCUT2D eigenvalue weighted by atomic mass is 9.85. The summed E-state index contributed by atoms with van der Waals surface area (Å²) in [4.78, 5) is 26.7. The second kappa shape index (κ2) is 3.95. The predicted molar refractivity (Wildman–Crippen MR) is 76.4 cm³/mol. The highest BCUT2D eigenvalue weighted by Gasteiger charge is 2.59. The largest absolute Gasteiger partial charge is 0.274 e. The van der Waals surface area contributed by atoms with Crippen LogP contribution in [0.1, 0.15) is 12.0 Å². The van der Waals surface area contributed by atoms with E-state index in [1.807, 2.05) is 6.92 Å². The van der Waals surface area contributed by atoms with Gasteiger partial charge >= 0.3 is 0 Å². The Kier molecular flexibility index (Phi) is 2.40. The predicted octanol–water partition coefficient (Wildman–Crippen LogP) is 2.96. The molecular formula is C16H14ClNO2. The molecule has 4 atom stereocenters. The summed E-state index contributed by atoms with van der Waals surface area (Å²) in [7, 11) is 0. The minimum Gasteiger partial charge on any atom is -0.274 e. The molecule has 3 aliphatic rings. The Balaban J connectivity index is 1.78. The fraction of sp³-hybridized carbons (Fsp3) is 0.375. The van der Waals surface area contributed by atoms with Crippen LogP contribution in [0.2, 0.25) is 5.02 Å². The standard InChI is InChI=1S/C16H14ClNO2/c1-8-6-11(17)4-5-12(8)18-15(19)13-9-2-3-10(7-9)14(13)16(18)20/h2-6,9-10,13-14H,7H2,1H3/t9-,10-,13+,14+/m0/s1. The van der Waals surface area contributed by atoms with E-state index in [1.165, 1.54) is 4.90 Å². The number of anilines is 1. The van der Waals surface area contributed by atoms with Crippen molar-refractivity contribution in [2.75, 3.05) is 4.90 Å². The molecule has 2 bridgehead atoms. The van der Waals surface area contributed by atoms with Gasteiger partial charge in [-0.2, -0.15) is 0 Å². The van der Waals surface area contributed by atoms with Gasteiger partial charge in [0.2, 0.25) is 11.8 Å². The molecule has 2 fully saturated rings. The van der Waals surface area contributed by atoms with E-state index in [1.54, 1.807) is 18.2 Å². The molecule has 0 aromatic heterocycles. The van der Waals surface area contributed by atoms with Crippen LogP contribution in [0.4, 0.5) is 5.69 Å². The van der Waals surface area contributed by atoms with Gasteiger partial charge in [0.15, 0.2) is 0 Å². The van der Waals surface area contributed by atoms with Crippen molar-refractivity contribution in [1.29, 1.82) is 0 Å². The minimum absolute atomic E-state index is 0.0396. The van der Waals surface area contributed by atoms with E-state index in [-0.39, 0.29) is 35.5 Å². The number of nitrogens with zero attached hydrogens (tertiary/aromatic N) is 1. The van der Waals surface area contributed by atoms with E-state index in [9.17, 15) is 9.59 Å². The van der Waals surface area contributed by atoms with E-state index in [0.717, 1.165) is 12.0 Å². The molecule has 0 unspecified atom stereocenters. The average Bonchev–Trinajstić information content (AvgIpc) is 3.06. The third-order valence-corrected chi connectivity index (χ3v) is 5.11. The zero-order valence-electron chi connectivity index (χ0n) is 11.0. The molecule has 1 aromatic rings. The molecule has 102 valence electrons. The normalized spacial score (nSPS) is 34.2. The lowest BCUT2D eigenvalue weighted by Gasteiger charge is -2.19. The molecule has 4 rings (SSSR count). The number of fused-ring (bicyclic) bond motifs is 5. The van der Waals surface area contributed by atoms with Crippen LogP contribution in [0.15, 0.2) is 30.4 Å². The number of carbonyl (C=O) groups excluding carboxylic acids is 2. The second-order valence-corrected chi connectivity index (χ2v) is 6.38. The van der Waals surface area contributed by atoms with Gasteiger partial charge in [-0.3, -0.25) is 9.59 Å². The van der Waals surface area contributed by atoms with Crippen LogP contribution in [0.5, 0.6) is 0 Å². The molecular weight excluding hydrogens is 274 g/mol. The molecule has 1 aliphatic heterocycles. The number of benzene rings is 1. The van der Waals surface area contributed by atoms with Gasteiger partial charge < -0.3 is 0 Å². The Labute approximate surface area is 122 Å². The fourth-order valence-electron chi connectivity index (χ4n) is 4.01. The number of amides is 2. The zero-order valence-corrected chi connectivity index (χ0v) is 11.8. The number of hydrogen-bond donors (Lipinski definition) is 0. The van der Waals surface area contributed by atoms with Crippen LogP contribution in [0.25, 0.3) is 0 Å². The van der Waals surface area contributed by atoms with E-state index in [2.05, 4.69) is 12.2 Å². The molecule has 20 heavy (non-hydrogen) atoms. The van der Waals surface area contributed by atoms with Crippen LogP contribution in [-0.4, -0.2) is 11.8 Å². The Morgan fingerprint density at radius 3 is 2.25 bits per heavy atom.